The van der Waals surface area contributed by atoms with Crippen LogP contribution in [0.5, 0.6) is 0 Å². The van der Waals surface area contributed by atoms with Gasteiger partial charge in [-0.15, -0.1) is 0 Å². The highest BCUT2D eigenvalue weighted by molar-refractivity contribution is 6.22. The molecule has 4 rings (SSSR count). The maximum atomic E-state index is 13.1. The molecular weight excluding hydrogens is 350 g/mol. The first-order valence-corrected chi connectivity index (χ1v) is 8.90. The van der Waals surface area contributed by atoms with E-state index in [0.29, 0.717) is 22.3 Å². The van der Waals surface area contributed by atoms with Gasteiger partial charge in [0.25, 0.3) is 11.8 Å². The van der Waals surface area contributed by atoms with Gasteiger partial charge in [0, 0.05) is 11.1 Å². The van der Waals surface area contributed by atoms with E-state index in [4.69, 9.17) is 0 Å². The first-order chi connectivity index (χ1) is 13.6. The third kappa shape index (κ3) is 2.85. The molecule has 0 radical (unpaired) electrons. The molecule has 136 valence electrons. The maximum Gasteiger partial charge on any atom is 0.262 e. The number of carbonyl (C=O) groups is 3. The molecule has 1 heterocycles. The largest absolute Gasteiger partial charge is 0.289 e. The van der Waals surface area contributed by atoms with E-state index in [9.17, 15) is 14.4 Å². The summed E-state index contributed by atoms with van der Waals surface area (Å²) in [6, 6.07) is 23.6. The van der Waals surface area contributed by atoms with Gasteiger partial charge in [0.05, 0.1) is 17.2 Å². The van der Waals surface area contributed by atoms with Crippen molar-refractivity contribution in [2.75, 3.05) is 0 Å². The molecule has 1 aliphatic heterocycles. The zero-order valence-corrected chi connectivity index (χ0v) is 15.0. The number of hydrogen-bond donors (Lipinski definition) is 0. The Labute approximate surface area is 162 Å². The molecule has 3 aromatic carbocycles. The number of fused-ring (bicyclic) bond motifs is 1. The molecule has 0 aromatic heterocycles. The fraction of sp³-hybridized carbons (Fsp3) is 0.0417. The van der Waals surface area contributed by atoms with E-state index in [-0.39, 0.29) is 11.4 Å². The summed E-state index contributed by atoms with van der Waals surface area (Å²) in [6.45, 7) is 3.99. The first-order valence-electron chi connectivity index (χ1n) is 8.90. The number of Topliss-reactive ketones (excluding diaryl/α,β-unsaturated/α-hetero) is 1. The highest BCUT2D eigenvalue weighted by atomic mass is 16.2. The van der Waals surface area contributed by atoms with Crippen LogP contribution in [0.4, 0.5) is 0 Å². The molecule has 1 aliphatic rings. The molecule has 0 saturated carbocycles. The van der Waals surface area contributed by atoms with Crippen LogP contribution in [0.3, 0.4) is 0 Å². The summed E-state index contributed by atoms with van der Waals surface area (Å²) in [5, 5.41) is 0. The Kier molecular flexibility index (Phi) is 4.45. The number of rotatable bonds is 5. The van der Waals surface area contributed by atoms with Gasteiger partial charge in [-0.3, -0.25) is 19.3 Å². The van der Waals surface area contributed by atoms with Crippen LogP contribution in [-0.2, 0) is 0 Å². The van der Waals surface area contributed by atoms with E-state index < -0.39 is 17.9 Å². The van der Waals surface area contributed by atoms with Gasteiger partial charge in [-0.05, 0) is 17.7 Å². The summed E-state index contributed by atoms with van der Waals surface area (Å²) < 4.78 is 0. The lowest BCUT2D eigenvalue weighted by Crippen LogP contribution is -2.36. The van der Waals surface area contributed by atoms with E-state index in [1.54, 1.807) is 72.8 Å². The summed E-state index contributed by atoms with van der Waals surface area (Å²) in [5.74, 6) is -1.14. The predicted molar refractivity (Wildman–Crippen MR) is 106 cm³/mol. The number of amides is 2. The van der Waals surface area contributed by atoms with Gasteiger partial charge < -0.3 is 0 Å². The molecule has 1 unspecified atom stereocenters. The fourth-order valence-electron chi connectivity index (χ4n) is 3.48. The minimum atomic E-state index is -0.874. The molecule has 1 atom stereocenters. The summed E-state index contributed by atoms with van der Waals surface area (Å²) in [4.78, 5) is 40.3. The Morgan fingerprint density at radius 2 is 1.18 bits per heavy atom. The first kappa shape index (κ1) is 17.6. The molecule has 3 aromatic rings. The summed E-state index contributed by atoms with van der Waals surface area (Å²) >= 11 is 0. The zero-order chi connectivity index (χ0) is 19.7. The van der Waals surface area contributed by atoms with Crippen molar-refractivity contribution >= 4 is 17.6 Å². The van der Waals surface area contributed by atoms with Crippen molar-refractivity contribution in [2.45, 2.75) is 6.04 Å². The lowest BCUT2D eigenvalue weighted by atomic mass is 9.92. The third-order valence-corrected chi connectivity index (χ3v) is 4.86. The number of hydrogen-bond acceptors (Lipinski definition) is 3. The van der Waals surface area contributed by atoms with Crippen molar-refractivity contribution < 1.29 is 14.4 Å². The molecule has 2 amide bonds. The average Bonchev–Trinajstić information content (AvgIpc) is 3.00. The minimum absolute atomic E-state index is 0.173. The fourth-order valence-corrected chi connectivity index (χ4v) is 3.48. The third-order valence-electron chi connectivity index (χ3n) is 4.86. The van der Waals surface area contributed by atoms with E-state index >= 15 is 0 Å². The standard InChI is InChI=1S/C24H17NO3/c1-16(22(26)18-12-6-3-7-13-18)21(17-10-4-2-5-11-17)25-23(27)19-14-8-9-15-20(19)24(25)28/h2-15,21H,1H2. The molecule has 4 nitrogen and oxygen atoms in total. The van der Waals surface area contributed by atoms with Gasteiger partial charge in [-0.25, -0.2) is 0 Å². The Bertz CT molecular complexity index is 1050. The van der Waals surface area contributed by atoms with Crippen LogP contribution in [0.2, 0.25) is 0 Å². The van der Waals surface area contributed by atoms with Crippen LogP contribution >= 0.6 is 0 Å². The predicted octanol–water partition coefficient (Wildman–Crippen LogP) is 4.46. The van der Waals surface area contributed by atoms with Crippen molar-refractivity contribution in [1.29, 1.82) is 0 Å². The minimum Gasteiger partial charge on any atom is -0.289 e. The van der Waals surface area contributed by atoms with Gasteiger partial charge in [-0.1, -0.05) is 79.4 Å². The monoisotopic (exact) mass is 367 g/mol. The van der Waals surface area contributed by atoms with Crippen LogP contribution < -0.4 is 0 Å². The molecule has 0 bridgehead atoms. The highest BCUT2D eigenvalue weighted by Gasteiger charge is 2.42. The van der Waals surface area contributed by atoms with Gasteiger partial charge in [0.2, 0.25) is 0 Å². The van der Waals surface area contributed by atoms with Crippen molar-refractivity contribution in [1.82, 2.24) is 4.90 Å². The molecule has 0 saturated heterocycles. The number of nitrogens with zero attached hydrogens (tertiary/aromatic N) is 1. The van der Waals surface area contributed by atoms with Gasteiger partial charge in [0.1, 0.15) is 0 Å². The Hall–Kier alpha value is -3.79. The van der Waals surface area contributed by atoms with Crippen molar-refractivity contribution in [3.05, 3.63) is 119 Å². The molecule has 0 spiro atoms. The van der Waals surface area contributed by atoms with Gasteiger partial charge >= 0.3 is 0 Å². The Morgan fingerprint density at radius 1 is 0.714 bits per heavy atom. The molecule has 0 N–H and O–H groups in total. The van der Waals surface area contributed by atoms with E-state index in [1.807, 2.05) is 12.1 Å². The second-order valence-electron chi connectivity index (χ2n) is 6.56. The Morgan fingerprint density at radius 3 is 1.71 bits per heavy atom. The molecule has 0 aliphatic carbocycles. The number of ketones is 1. The van der Waals surface area contributed by atoms with Crippen LogP contribution in [0.15, 0.2) is 97.1 Å². The average molecular weight is 367 g/mol. The molecular formula is C24H17NO3. The summed E-state index contributed by atoms with van der Waals surface area (Å²) in [7, 11) is 0. The van der Waals surface area contributed by atoms with Gasteiger partial charge in [-0.2, -0.15) is 0 Å². The zero-order valence-electron chi connectivity index (χ0n) is 15.0. The lowest BCUT2D eigenvalue weighted by molar-refractivity contribution is 0.0603. The second-order valence-corrected chi connectivity index (χ2v) is 6.56. The van der Waals surface area contributed by atoms with Gasteiger partial charge in [0.15, 0.2) is 5.78 Å². The SMILES string of the molecule is C=C(C(=O)c1ccccc1)C(c1ccccc1)N1C(=O)c2ccccc2C1=O. The Balaban J connectivity index is 1.80. The molecule has 28 heavy (non-hydrogen) atoms. The maximum absolute atomic E-state index is 13.1. The van der Waals surface area contributed by atoms with Crippen LogP contribution in [0, 0.1) is 0 Å². The normalized spacial score (nSPS) is 13.9. The van der Waals surface area contributed by atoms with Crippen LogP contribution in [-0.4, -0.2) is 22.5 Å². The van der Waals surface area contributed by atoms with Crippen molar-refractivity contribution in [3.63, 3.8) is 0 Å². The summed E-state index contributed by atoms with van der Waals surface area (Å²) in [6.07, 6.45) is 0. The van der Waals surface area contributed by atoms with E-state index in [1.165, 1.54) is 0 Å². The van der Waals surface area contributed by atoms with Crippen LogP contribution in [0.25, 0.3) is 0 Å². The van der Waals surface area contributed by atoms with E-state index in [0.717, 1.165) is 4.90 Å². The number of imide groups is 1. The topological polar surface area (TPSA) is 54.5 Å². The van der Waals surface area contributed by atoms with Crippen LogP contribution in [0.1, 0.15) is 42.7 Å². The van der Waals surface area contributed by atoms with Crippen molar-refractivity contribution in [3.8, 4) is 0 Å². The highest BCUT2D eigenvalue weighted by Crippen LogP contribution is 2.36. The van der Waals surface area contributed by atoms with E-state index in [2.05, 4.69) is 6.58 Å². The number of benzene rings is 3. The van der Waals surface area contributed by atoms with Crippen molar-refractivity contribution in [2.24, 2.45) is 0 Å². The molecule has 4 heteroatoms. The lowest BCUT2D eigenvalue weighted by Gasteiger charge is -2.28. The molecule has 0 fully saturated rings. The smallest absolute Gasteiger partial charge is 0.262 e. The summed E-state index contributed by atoms with van der Waals surface area (Å²) in [5.41, 5.74) is 1.98. The quantitative estimate of drug-likeness (QED) is 0.380. The second kappa shape index (κ2) is 7.08. The number of carbonyl (C=O) groups excluding carboxylic acids is 3.